The van der Waals surface area contributed by atoms with Gasteiger partial charge in [-0.25, -0.2) is 4.98 Å². The first kappa shape index (κ1) is 12.6. The van der Waals surface area contributed by atoms with Crippen LogP contribution in [0.5, 0.6) is 0 Å². The van der Waals surface area contributed by atoms with Gasteiger partial charge in [0.25, 0.3) is 0 Å². The lowest BCUT2D eigenvalue weighted by Crippen LogP contribution is -2.29. The van der Waals surface area contributed by atoms with Crippen molar-refractivity contribution in [3.63, 3.8) is 0 Å². The molecule has 2 atom stereocenters. The summed E-state index contributed by atoms with van der Waals surface area (Å²) in [6.07, 6.45) is 6.29. The molecule has 106 valence electrons. The molecule has 2 aromatic rings. The second-order valence-electron chi connectivity index (χ2n) is 5.65. The number of aliphatic hydroxyl groups excluding tert-OH is 1. The average molecular weight is 290 g/mol. The molecule has 0 aliphatic carbocycles. The van der Waals surface area contributed by atoms with Crippen LogP contribution in [0.4, 0.5) is 0 Å². The zero-order valence-corrected chi connectivity index (χ0v) is 12.1. The van der Waals surface area contributed by atoms with Crippen LogP contribution in [0.15, 0.2) is 24.0 Å². The van der Waals surface area contributed by atoms with E-state index in [0.717, 1.165) is 32.5 Å². The summed E-state index contributed by atoms with van der Waals surface area (Å²) in [6.45, 7) is 1.57. The summed E-state index contributed by atoms with van der Waals surface area (Å²) >= 11 is 1.79. The lowest BCUT2D eigenvalue weighted by molar-refractivity contribution is 0.00163. The molecule has 1 fully saturated rings. The van der Waals surface area contributed by atoms with E-state index in [1.165, 1.54) is 16.1 Å². The molecule has 4 nitrogen and oxygen atoms in total. The van der Waals surface area contributed by atoms with Crippen molar-refractivity contribution in [2.75, 3.05) is 13.2 Å². The van der Waals surface area contributed by atoms with E-state index < -0.39 is 0 Å². The Morgan fingerprint density at radius 3 is 3.15 bits per heavy atom. The van der Waals surface area contributed by atoms with Gasteiger partial charge < -0.3 is 14.4 Å². The van der Waals surface area contributed by atoms with Crippen molar-refractivity contribution in [2.45, 2.75) is 31.4 Å². The third kappa shape index (κ3) is 1.92. The highest BCUT2D eigenvalue weighted by Crippen LogP contribution is 2.45. The van der Waals surface area contributed by atoms with E-state index >= 15 is 0 Å². The van der Waals surface area contributed by atoms with Crippen LogP contribution in [-0.4, -0.2) is 34.0 Å². The van der Waals surface area contributed by atoms with Crippen LogP contribution in [-0.2, 0) is 4.74 Å². The SMILES string of the molecule is O[C@@H](C[C@@H]1c2sccc2-c2cncn21)C1CCOCC1. The van der Waals surface area contributed by atoms with Gasteiger partial charge in [-0.2, -0.15) is 0 Å². The van der Waals surface area contributed by atoms with Gasteiger partial charge in [-0.05, 0) is 36.6 Å². The average Bonchev–Trinajstić information content (AvgIpc) is 3.16. The number of imidazole rings is 1. The van der Waals surface area contributed by atoms with Crippen molar-refractivity contribution in [2.24, 2.45) is 5.92 Å². The first-order chi connectivity index (χ1) is 9.84. The molecular weight excluding hydrogens is 272 g/mol. The van der Waals surface area contributed by atoms with Crippen LogP contribution in [0.1, 0.15) is 30.2 Å². The molecule has 1 saturated heterocycles. The molecule has 5 heteroatoms. The summed E-state index contributed by atoms with van der Waals surface area (Å²) in [5.41, 5.74) is 2.47. The predicted molar refractivity (Wildman–Crippen MR) is 77.8 cm³/mol. The minimum Gasteiger partial charge on any atom is -0.393 e. The van der Waals surface area contributed by atoms with Gasteiger partial charge in [0.2, 0.25) is 0 Å². The van der Waals surface area contributed by atoms with Gasteiger partial charge in [0, 0.05) is 23.7 Å². The summed E-state index contributed by atoms with van der Waals surface area (Å²) in [7, 11) is 0. The van der Waals surface area contributed by atoms with Crippen LogP contribution in [0.25, 0.3) is 11.3 Å². The quantitative estimate of drug-likeness (QED) is 0.945. The largest absolute Gasteiger partial charge is 0.393 e. The number of fused-ring (bicyclic) bond motifs is 3. The first-order valence-electron chi connectivity index (χ1n) is 7.20. The van der Waals surface area contributed by atoms with Crippen molar-refractivity contribution in [1.29, 1.82) is 0 Å². The number of aromatic nitrogens is 2. The summed E-state index contributed by atoms with van der Waals surface area (Å²) in [5, 5.41) is 12.7. The first-order valence-corrected chi connectivity index (χ1v) is 8.08. The molecule has 0 saturated carbocycles. The maximum absolute atomic E-state index is 10.6. The molecule has 2 aliphatic heterocycles. The fraction of sp³-hybridized carbons (Fsp3) is 0.533. The molecule has 2 aromatic heterocycles. The molecular formula is C15H18N2O2S. The van der Waals surface area contributed by atoms with Gasteiger partial charge in [-0.3, -0.25) is 0 Å². The molecule has 0 bridgehead atoms. The lowest BCUT2D eigenvalue weighted by Gasteiger charge is -2.28. The minimum absolute atomic E-state index is 0.250. The van der Waals surface area contributed by atoms with Gasteiger partial charge in [0.15, 0.2) is 0 Å². The van der Waals surface area contributed by atoms with E-state index in [-0.39, 0.29) is 12.1 Å². The molecule has 2 aliphatic rings. The molecule has 0 unspecified atom stereocenters. The van der Waals surface area contributed by atoms with Crippen molar-refractivity contribution in [3.8, 4) is 11.3 Å². The van der Waals surface area contributed by atoms with Crippen molar-refractivity contribution >= 4 is 11.3 Å². The van der Waals surface area contributed by atoms with E-state index in [4.69, 9.17) is 4.74 Å². The van der Waals surface area contributed by atoms with Crippen LogP contribution in [0.3, 0.4) is 0 Å². The fourth-order valence-electron chi connectivity index (χ4n) is 3.42. The Labute approximate surface area is 122 Å². The minimum atomic E-state index is -0.257. The summed E-state index contributed by atoms with van der Waals surface area (Å²) in [5.74, 6) is 0.375. The van der Waals surface area contributed by atoms with Gasteiger partial charge in [0.1, 0.15) is 0 Å². The Morgan fingerprint density at radius 1 is 1.45 bits per heavy atom. The van der Waals surface area contributed by atoms with Gasteiger partial charge in [-0.1, -0.05) is 0 Å². The molecule has 20 heavy (non-hydrogen) atoms. The van der Waals surface area contributed by atoms with Crippen molar-refractivity contribution < 1.29 is 9.84 Å². The van der Waals surface area contributed by atoms with E-state index in [1.807, 2.05) is 12.5 Å². The third-order valence-electron chi connectivity index (χ3n) is 4.55. The lowest BCUT2D eigenvalue weighted by atomic mass is 9.89. The fourth-order valence-corrected chi connectivity index (χ4v) is 4.44. The van der Waals surface area contributed by atoms with Crippen molar-refractivity contribution in [3.05, 3.63) is 28.8 Å². The molecule has 0 spiro atoms. The molecule has 0 aromatic carbocycles. The molecule has 0 radical (unpaired) electrons. The smallest absolute Gasteiger partial charge is 0.0957 e. The highest BCUT2D eigenvalue weighted by atomic mass is 32.1. The van der Waals surface area contributed by atoms with Crippen LogP contribution in [0.2, 0.25) is 0 Å². The monoisotopic (exact) mass is 290 g/mol. The Balaban J connectivity index is 1.57. The number of thiophene rings is 1. The summed E-state index contributed by atoms with van der Waals surface area (Å²) in [4.78, 5) is 5.63. The Kier molecular flexibility index (Phi) is 3.13. The number of hydrogen-bond donors (Lipinski definition) is 1. The van der Waals surface area contributed by atoms with E-state index in [9.17, 15) is 5.11 Å². The van der Waals surface area contributed by atoms with Gasteiger partial charge in [0.05, 0.1) is 30.4 Å². The third-order valence-corrected chi connectivity index (χ3v) is 5.57. The second-order valence-corrected chi connectivity index (χ2v) is 6.60. The maximum Gasteiger partial charge on any atom is 0.0957 e. The van der Waals surface area contributed by atoms with Crippen LogP contribution < -0.4 is 0 Å². The van der Waals surface area contributed by atoms with Gasteiger partial charge >= 0.3 is 0 Å². The summed E-state index contributed by atoms with van der Waals surface area (Å²) in [6, 6.07) is 2.41. The van der Waals surface area contributed by atoms with E-state index in [0.29, 0.717) is 5.92 Å². The number of hydrogen-bond acceptors (Lipinski definition) is 4. The molecule has 4 rings (SSSR count). The molecule has 1 N–H and O–H groups in total. The maximum atomic E-state index is 10.6. The summed E-state index contributed by atoms with van der Waals surface area (Å²) < 4.78 is 7.60. The normalized spacial score (nSPS) is 23.6. The second kappa shape index (κ2) is 4.98. The number of ether oxygens (including phenoxy) is 1. The van der Waals surface area contributed by atoms with E-state index in [1.54, 1.807) is 11.3 Å². The Morgan fingerprint density at radius 2 is 2.30 bits per heavy atom. The van der Waals surface area contributed by atoms with Crippen LogP contribution in [0, 0.1) is 5.92 Å². The highest BCUT2D eigenvalue weighted by molar-refractivity contribution is 7.10. The number of rotatable bonds is 3. The molecule has 0 amide bonds. The van der Waals surface area contributed by atoms with E-state index in [2.05, 4.69) is 21.0 Å². The Hall–Kier alpha value is -1.17. The molecule has 4 heterocycles. The van der Waals surface area contributed by atoms with Crippen molar-refractivity contribution in [1.82, 2.24) is 9.55 Å². The Bertz CT molecular complexity index is 560. The standard InChI is InChI=1S/C15H18N2O2S/c18-14(10-1-4-19-5-2-10)7-12-15-11(3-6-20-15)13-8-16-9-17(12)13/h3,6,8-10,12,14,18H,1-2,4-5,7H2/t12-,14+/m1/s1. The van der Waals surface area contributed by atoms with Gasteiger partial charge in [-0.15, -0.1) is 11.3 Å². The zero-order valence-electron chi connectivity index (χ0n) is 11.2. The highest BCUT2D eigenvalue weighted by Gasteiger charge is 2.33. The number of nitrogens with zero attached hydrogens (tertiary/aromatic N) is 2. The number of aliphatic hydroxyl groups is 1. The van der Waals surface area contributed by atoms with Crippen LogP contribution >= 0.6 is 11.3 Å². The predicted octanol–water partition coefficient (Wildman–Crippen LogP) is 2.69. The zero-order chi connectivity index (χ0) is 13.5. The topological polar surface area (TPSA) is 47.3 Å².